The van der Waals surface area contributed by atoms with Gasteiger partial charge in [0, 0.05) is 13.0 Å². The second kappa shape index (κ2) is 7.65. The number of nitrogens with one attached hydrogen (secondary N) is 1. The molecule has 0 spiro atoms. The number of ether oxygens (including phenoxy) is 1. The molecule has 9 nitrogen and oxygen atoms in total. The van der Waals surface area contributed by atoms with E-state index in [0.717, 1.165) is 0 Å². The van der Waals surface area contributed by atoms with Crippen molar-refractivity contribution in [2.24, 2.45) is 0 Å². The summed E-state index contributed by atoms with van der Waals surface area (Å²) in [6, 6.07) is -2.46. The first kappa shape index (κ1) is 16.2. The number of aliphatic hydroxyl groups excluding tert-OH is 1. The molecule has 1 aliphatic rings. The highest BCUT2D eigenvalue weighted by Crippen LogP contribution is 2.08. The van der Waals surface area contributed by atoms with Crippen LogP contribution in [0.4, 0.5) is 4.79 Å². The van der Waals surface area contributed by atoms with E-state index >= 15 is 0 Å². The van der Waals surface area contributed by atoms with Crippen molar-refractivity contribution in [1.82, 2.24) is 10.2 Å². The molecule has 1 heterocycles. The second-order valence-corrected chi connectivity index (χ2v) is 4.38. The standard InChI is InChI=1S/C11H18N2O7/c14-5-7-6-20-4-3-13(7)11(19)12-8(10(17)18)1-2-9(15)16/h7-8,14H,1-6H2,(H,12,19)(H,15,16)(H,17,18)/t7?,8-/m0/s1. The Morgan fingerprint density at radius 3 is 2.60 bits per heavy atom. The largest absolute Gasteiger partial charge is 0.481 e. The SMILES string of the molecule is O=C(O)CC[C@H](NC(=O)N1CCOCC1CO)C(=O)O. The van der Waals surface area contributed by atoms with Gasteiger partial charge in [0.05, 0.1) is 25.9 Å². The number of urea groups is 1. The fourth-order valence-corrected chi connectivity index (χ4v) is 1.83. The monoisotopic (exact) mass is 290 g/mol. The van der Waals surface area contributed by atoms with E-state index in [9.17, 15) is 14.4 Å². The number of carboxylic acids is 2. The van der Waals surface area contributed by atoms with Crippen LogP contribution in [-0.2, 0) is 14.3 Å². The van der Waals surface area contributed by atoms with Crippen molar-refractivity contribution in [3.63, 3.8) is 0 Å². The zero-order valence-electron chi connectivity index (χ0n) is 10.8. The molecule has 0 aliphatic carbocycles. The maximum atomic E-state index is 12.0. The number of aliphatic hydroxyl groups is 1. The molecule has 20 heavy (non-hydrogen) atoms. The smallest absolute Gasteiger partial charge is 0.326 e. The van der Waals surface area contributed by atoms with Crippen molar-refractivity contribution in [3.05, 3.63) is 0 Å². The second-order valence-electron chi connectivity index (χ2n) is 4.38. The van der Waals surface area contributed by atoms with Gasteiger partial charge >= 0.3 is 18.0 Å². The maximum absolute atomic E-state index is 12.0. The summed E-state index contributed by atoms with van der Waals surface area (Å²) in [7, 11) is 0. The third-order valence-corrected chi connectivity index (χ3v) is 2.94. The molecule has 0 bridgehead atoms. The molecular weight excluding hydrogens is 272 g/mol. The molecule has 114 valence electrons. The average molecular weight is 290 g/mol. The minimum atomic E-state index is -1.30. The van der Waals surface area contributed by atoms with Crippen LogP contribution in [-0.4, -0.2) is 76.6 Å². The summed E-state index contributed by atoms with van der Waals surface area (Å²) in [4.78, 5) is 34.7. The van der Waals surface area contributed by atoms with Gasteiger partial charge in [-0.3, -0.25) is 4.79 Å². The molecule has 1 rings (SSSR count). The van der Waals surface area contributed by atoms with Crippen LogP contribution in [0, 0.1) is 0 Å². The molecule has 0 aromatic carbocycles. The summed E-state index contributed by atoms with van der Waals surface area (Å²) in [6.45, 7) is 0.427. The number of carbonyl (C=O) groups is 3. The Labute approximate surface area is 115 Å². The Balaban J connectivity index is 2.59. The van der Waals surface area contributed by atoms with E-state index in [1.165, 1.54) is 4.90 Å². The van der Waals surface area contributed by atoms with Gasteiger partial charge in [-0.05, 0) is 6.42 Å². The molecule has 2 atom stereocenters. The highest BCUT2D eigenvalue weighted by atomic mass is 16.5. The van der Waals surface area contributed by atoms with Crippen molar-refractivity contribution >= 4 is 18.0 Å². The van der Waals surface area contributed by atoms with Gasteiger partial charge in [-0.2, -0.15) is 0 Å². The average Bonchev–Trinajstić information content (AvgIpc) is 2.42. The first-order valence-corrected chi connectivity index (χ1v) is 6.16. The highest BCUT2D eigenvalue weighted by Gasteiger charge is 2.30. The zero-order chi connectivity index (χ0) is 15.1. The Morgan fingerprint density at radius 2 is 2.05 bits per heavy atom. The topological polar surface area (TPSA) is 136 Å². The number of carboxylic acid groups (broad SMARTS) is 2. The van der Waals surface area contributed by atoms with E-state index in [1.54, 1.807) is 0 Å². The highest BCUT2D eigenvalue weighted by molar-refractivity contribution is 5.83. The first-order valence-electron chi connectivity index (χ1n) is 6.16. The predicted molar refractivity (Wildman–Crippen MR) is 65.2 cm³/mol. The van der Waals surface area contributed by atoms with E-state index < -0.39 is 30.1 Å². The van der Waals surface area contributed by atoms with Crippen molar-refractivity contribution in [1.29, 1.82) is 0 Å². The molecule has 0 saturated carbocycles. The van der Waals surface area contributed by atoms with Gasteiger partial charge in [-0.15, -0.1) is 0 Å². The minimum Gasteiger partial charge on any atom is -0.481 e. The van der Waals surface area contributed by atoms with Crippen molar-refractivity contribution in [2.75, 3.05) is 26.4 Å². The van der Waals surface area contributed by atoms with Gasteiger partial charge in [0.15, 0.2) is 0 Å². The number of rotatable bonds is 6. The van der Waals surface area contributed by atoms with Gasteiger partial charge in [0.1, 0.15) is 6.04 Å². The summed E-state index contributed by atoms with van der Waals surface area (Å²) >= 11 is 0. The van der Waals surface area contributed by atoms with E-state index in [-0.39, 0.29) is 32.6 Å². The van der Waals surface area contributed by atoms with E-state index in [4.69, 9.17) is 20.1 Å². The van der Waals surface area contributed by atoms with Crippen LogP contribution >= 0.6 is 0 Å². The summed E-state index contributed by atoms with van der Waals surface area (Å²) < 4.78 is 5.11. The Kier molecular flexibility index (Phi) is 6.19. The number of hydrogen-bond donors (Lipinski definition) is 4. The first-order chi connectivity index (χ1) is 9.45. The number of amides is 2. The van der Waals surface area contributed by atoms with Crippen molar-refractivity contribution in [3.8, 4) is 0 Å². The third kappa shape index (κ3) is 4.67. The maximum Gasteiger partial charge on any atom is 0.326 e. The van der Waals surface area contributed by atoms with Gasteiger partial charge in [0.25, 0.3) is 0 Å². The number of hydrogen-bond acceptors (Lipinski definition) is 5. The quantitative estimate of drug-likeness (QED) is 0.477. The fourth-order valence-electron chi connectivity index (χ4n) is 1.83. The van der Waals surface area contributed by atoms with Crippen molar-refractivity contribution < 1.29 is 34.4 Å². The molecule has 0 radical (unpaired) electrons. The van der Waals surface area contributed by atoms with Crippen LogP contribution in [0.25, 0.3) is 0 Å². The van der Waals surface area contributed by atoms with Crippen molar-refractivity contribution in [2.45, 2.75) is 24.9 Å². The lowest BCUT2D eigenvalue weighted by molar-refractivity contribution is -0.140. The Morgan fingerprint density at radius 1 is 1.35 bits per heavy atom. The van der Waals surface area contributed by atoms with Gasteiger partial charge in [0.2, 0.25) is 0 Å². The lowest BCUT2D eigenvalue weighted by Gasteiger charge is -2.35. The summed E-state index contributed by atoms with van der Waals surface area (Å²) in [6.07, 6.45) is -0.561. The van der Waals surface area contributed by atoms with Gasteiger partial charge in [-0.1, -0.05) is 0 Å². The summed E-state index contributed by atoms with van der Waals surface area (Å²) in [5.41, 5.74) is 0. The molecule has 0 aromatic heterocycles. The number of morpholine rings is 1. The summed E-state index contributed by atoms with van der Waals surface area (Å²) in [5.74, 6) is -2.43. The lowest BCUT2D eigenvalue weighted by Crippen LogP contribution is -2.56. The predicted octanol–water partition coefficient (Wildman–Crippen LogP) is -1.29. The molecule has 4 N–H and O–H groups in total. The van der Waals surface area contributed by atoms with Crippen LogP contribution in [0.2, 0.25) is 0 Å². The Bertz CT molecular complexity index is 374. The number of aliphatic carboxylic acids is 2. The van der Waals surface area contributed by atoms with Crippen LogP contribution in [0.15, 0.2) is 0 Å². The lowest BCUT2D eigenvalue weighted by atomic mass is 10.1. The van der Waals surface area contributed by atoms with E-state index in [2.05, 4.69) is 5.32 Å². The van der Waals surface area contributed by atoms with Crippen LogP contribution in [0.5, 0.6) is 0 Å². The minimum absolute atomic E-state index is 0.177. The molecule has 9 heteroatoms. The molecule has 1 aliphatic heterocycles. The molecular formula is C11H18N2O7. The van der Waals surface area contributed by atoms with Gasteiger partial charge in [-0.25, -0.2) is 9.59 Å². The zero-order valence-corrected chi connectivity index (χ0v) is 10.8. The number of nitrogens with zero attached hydrogens (tertiary/aromatic N) is 1. The fraction of sp³-hybridized carbons (Fsp3) is 0.727. The number of carbonyl (C=O) groups excluding carboxylic acids is 1. The van der Waals surface area contributed by atoms with Crippen LogP contribution in [0.3, 0.4) is 0 Å². The molecule has 2 amide bonds. The van der Waals surface area contributed by atoms with E-state index in [1.807, 2.05) is 0 Å². The van der Waals surface area contributed by atoms with E-state index in [0.29, 0.717) is 6.61 Å². The van der Waals surface area contributed by atoms with Gasteiger partial charge < -0.3 is 30.3 Å². The molecule has 1 unspecified atom stereocenters. The molecule has 1 saturated heterocycles. The van der Waals surface area contributed by atoms with Crippen LogP contribution < -0.4 is 5.32 Å². The molecule has 0 aromatic rings. The Hall–Kier alpha value is -1.87. The summed E-state index contributed by atoms with van der Waals surface area (Å²) in [5, 5.41) is 28.9. The molecule has 1 fully saturated rings. The van der Waals surface area contributed by atoms with Crippen LogP contribution in [0.1, 0.15) is 12.8 Å². The normalized spacial score (nSPS) is 20.2. The third-order valence-electron chi connectivity index (χ3n) is 2.94.